The quantitative estimate of drug-likeness (QED) is 0.613. The maximum atomic E-state index is 13.4. The summed E-state index contributed by atoms with van der Waals surface area (Å²) in [6.45, 7) is 2.14. The third-order valence-corrected chi connectivity index (χ3v) is 6.13. The number of hydrogen-bond acceptors (Lipinski definition) is 5. The lowest BCUT2D eigenvalue weighted by Crippen LogP contribution is -2.38. The number of rotatable bonds is 5. The number of alkyl halides is 3. The van der Waals surface area contributed by atoms with Crippen LogP contribution in [0.3, 0.4) is 0 Å². The first-order valence-corrected chi connectivity index (χ1v) is 10.5. The van der Waals surface area contributed by atoms with Crippen LogP contribution in [-0.4, -0.2) is 58.8 Å². The van der Waals surface area contributed by atoms with E-state index < -0.39 is 11.9 Å². The number of halogens is 4. The van der Waals surface area contributed by atoms with Crippen molar-refractivity contribution in [3.63, 3.8) is 0 Å². The van der Waals surface area contributed by atoms with E-state index in [9.17, 15) is 13.2 Å². The number of nitrogens with one attached hydrogen (secondary N) is 1. The van der Waals surface area contributed by atoms with Crippen LogP contribution in [0, 0.1) is 5.92 Å². The molecule has 10 heteroatoms. The number of aromatic nitrogens is 4. The van der Waals surface area contributed by atoms with Gasteiger partial charge in [-0.1, -0.05) is 23.7 Å². The van der Waals surface area contributed by atoms with Gasteiger partial charge in [0.15, 0.2) is 11.3 Å². The first-order chi connectivity index (χ1) is 14.7. The van der Waals surface area contributed by atoms with E-state index >= 15 is 0 Å². The third-order valence-electron chi connectivity index (χ3n) is 5.88. The molecule has 3 aromatic rings. The van der Waals surface area contributed by atoms with Crippen molar-refractivity contribution in [1.29, 1.82) is 0 Å². The van der Waals surface area contributed by atoms with Crippen molar-refractivity contribution in [1.82, 2.24) is 25.1 Å². The molecule has 4 rings (SSSR count). The van der Waals surface area contributed by atoms with E-state index in [4.69, 9.17) is 11.6 Å². The Hall–Kier alpha value is -2.39. The number of aromatic amines is 1. The van der Waals surface area contributed by atoms with Crippen LogP contribution in [0.15, 0.2) is 30.6 Å². The zero-order valence-electron chi connectivity index (χ0n) is 17.3. The normalized spacial score (nSPS) is 16.9. The minimum absolute atomic E-state index is 0.0334. The van der Waals surface area contributed by atoms with Crippen molar-refractivity contribution < 1.29 is 13.2 Å². The molecule has 1 aromatic carbocycles. The van der Waals surface area contributed by atoms with Crippen molar-refractivity contribution in [2.75, 3.05) is 38.6 Å². The van der Waals surface area contributed by atoms with Crippen molar-refractivity contribution in [2.24, 2.45) is 5.92 Å². The average Bonchev–Trinajstić information content (AvgIpc) is 3.18. The van der Waals surface area contributed by atoms with E-state index in [0.717, 1.165) is 19.4 Å². The van der Waals surface area contributed by atoms with Crippen molar-refractivity contribution in [3.05, 3.63) is 46.9 Å². The molecular formula is C21H24ClF3N6. The van der Waals surface area contributed by atoms with Crippen LogP contribution in [0.25, 0.3) is 11.0 Å². The molecule has 1 atom stereocenters. The van der Waals surface area contributed by atoms with Crippen molar-refractivity contribution in [3.8, 4) is 0 Å². The van der Waals surface area contributed by atoms with Gasteiger partial charge in [0.1, 0.15) is 12.1 Å². The summed E-state index contributed by atoms with van der Waals surface area (Å²) in [5.41, 5.74) is 0.369. The van der Waals surface area contributed by atoms with Gasteiger partial charge < -0.3 is 9.80 Å². The summed E-state index contributed by atoms with van der Waals surface area (Å²) in [5, 5.41) is 6.46. The van der Waals surface area contributed by atoms with Gasteiger partial charge in [-0.05, 0) is 56.5 Å². The van der Waals surface area contributed by atoms with Crippen LogP contribution in [0.5, 0.6) is 0 Å². The highest BCUT2D eigenvalue weighted by Crippen LogP contribution is 2.39. The Labute approximate surface area is 183 Å². The van der Waals surface area contributed by atoms with Crippen LogP contribution >= 0.6 is 11.6 Å². The molecule has 0 radical (unpaired) electrons. The molecule has 1 fully saturated rings. The first-order valence-electron chi connectivity index (χ1n) is 10.2. The Balaban J connectivity index is 1.56. The fraction of sp³-hybridized carbons (Fsp3) is 0.476. The van der Waals surface area contributed by atoms with E-state index in [0.29, 0.717) is 35.8 Å². The summed E-state index contributed by atoms with van der Waals surface area (Å²) >= 11 is 6.06. The Morgan fingerprint density at radius 2 is 1.84 bits per heavy atom. The minimum atomic E-state index is -4.54. The Morgan fingerprint density at radius 3 is 2.45 bits per heavy atom. The van der Waals surface area contributed by atoms with E-state index in [-0.39, 0.29) is 11.0 Å². The van der Waals surface area contributed by atoms with Gasteiger partial charge in [-0.25, -0.2) is 9.97 Å². The zero-order valence-corrected chi connectivity index (χ0v) is 18.1. The van der Waals surface area contributed by atoms with Crippen molar-refractivity contribution in [2.45, 2.75) is 24.9 Å². The van der Waals surface area contributed by atoms with Gasteiger partial charge in [0.25, 0.3) is 0 Å². The molecule has 0 bridgehead atoms. The summed E-state index contributed by atoms with van der Waals surface area (Å²) in [5.74, 6) is 1.02. The standard InChI is InChI=1S/C21H24ClF3N6/c1-30(2)11-16(13-3-5-15(22)6-4-13)14-7-9-31(10-8-14)20-17-18(21(23,24)25)28-29-19(17)26-12-27-20/h3-6,12,14,16H,7-11H2,1-2H3,(H,26,27,28,29). The van der Waals surface area contributed by atoms with Gasteiger partial charge in [0, 0.05) is 24.7 Å². The summed E-state index contributed by atoms with van der Waals surface area (Å²) in [4.78, 5) is 12.2. The summed E-state index contributed by atoms with van der Waals surface area (Å²) in [6, 6.07) is 7.95. The first kappa shape index (κ1) is 21.8. The van der Waals surface area contributed by atoms with Crippen molar-refractivity contribution >= 4 is 28.5 Å². The van der Waals surface area contributed by atoms with Gasteiger partial charge in [-0.2, -0.15) is 18.3 Å². The molecule has 1 unspecified atom stereocenters. The highest BCUT2D eigenvalue weighted by Gasteiger charge is 2.38. The molecule has 0 saturated carbocycles. The SMILES string of the molecule is CN(C)CC(c1ccc(Cl)cc1)C1CCN(c2ncnc3n[nH]c(C(F)(F)F)c23)CC1. The largest absolute Gasteiger partial charge is 0.433 e. The monoisotopic (exact) mass is 452 g/mol. The molecule has 0 amide bonds. The molecule has 6 nitrogen and oxygen atoms in total. The number of likely N-dealkylation sites (N-methyl/N-ethyl adjacent to an activating group) is 1. The number of benzene rings is 1. The summed E-state index contributed by atoms with van der Waals surface area (Å²) in [6.07, 6.45) is -1.57. The molecule has 2 aromatic heterocycles. The fourth-order valence-electron chi connectivity index (χ4n) is 4.43. The topological polar surface area (TPSA) is 60.9 Å². The zero-order chi connectivity index (χ0) is 22.2. The average molecular weight is 453 g/mol. The van der Waals surface area contributed by atoms with Gasteiger partial charge in [-0.3, -0.25) is 5.10 Å². The van der Waals surface area contributed by atoms with E-state index in [1.807, 2.05) is 31.1 Å². The van der Waals surface area contributed by atoms with Crippen LogP contribution in [0.1, 0.15) is 30.0 Å². The number of H-pyrrole nitrogens is 1. The second-order valence-corrected chi connectivity index (χ2v) is 8.67. The fourth-order valence-corrected chi connectivity index (χ4v) is 4.55. The van der Waals surface area contributed by atoms with Crippen LogP contribution in [0.4, 0.5) is 19.0 Å². The van der Waals surface area contributed by atoms with E-state index in [1.54, 1.807) is 0 Å². The van der Waals surface area contributed by atoms with E-state index in [2.05, 4.69) is 37.2 Å². The molecule has 31 heavy (non-hydrogen) atoms. The van der Waals surface area contributed by atoms with Gasteiger partial charge in [0.05, 0.1) is 5.39 Å². The summed E-state index contributed by atoms with van der Waals surface area (Å²) in [7, 11) is 4.10. The molecule has 1 aliphatic heterocycles. The van der Waals surface area contributed by atoms with Crippen LogP contribution < -0.4 is 4.90 Å². The smallest absolute Gasteiger partial charge is 0.356 e. The van der Waals surface area contributed by atoms with Gasteiger partial charge >= 0.3 is 6.18 Å². The Kier molecular flexibility index (Phi) is 6.07. The molecule has 1 aliphatic rings. The lowest BCUT2D eigenvalue weighted by atomic mass is 9.79. The molecular weight excluding hydrogens is 429 g/mol. The maximum absolute atomic E-state index is 13.4. The lowest BCUT2D eigenvalue weighted by molar-refractivity contribution is -0.139. The number of piperidine rings is 1. The number of fused-ring (bicyclic) bond motifs is 1. The maximum Gasteiger partial charge on any atom is 0.433 e. The highest BCUT2D eigenvalue weighted by molar-refractivity contribution is 6.30. The second-order valence-electron chi connectivity index (χ2n) is 8.24. The lowest BCUT2D eigenvalue weighted by Gasteiger charge is -2.38. The molecule has 1 saturated heterocycles. The Bertz CT molecular complexity index is 1030. The predicted molar refractivity (Wildman–Crippen MR) is 114 cm³/mol. The number of anilines is 1. The number of nitrogens with zero attached hydrogens (tertiary/aromatic N) is 5. The molecule has 3 heterocycles. The van der Waals surface area contributed by atoms with Crippen LogP contribution in [-0.2, 0) is 6.18 Å². The molecule has 166 valence electrons. The summed E-state index contributed by atoms with van der Waals surface area (Å²) < 4.78 is 40.3. The minimum Gasteiger partial charge on any atom is -0.356 e. The second kappa shape index (κ2) is 8.63. The highest BCUT2D eigenvalue weighted by atomic mass is 35.5. The Morgan fingerprint density at radius 1 is 1.16 bits per heavy atom. The third kappa shape index (κ3) is 4.62. The van der Waals surface area contributed by atoms with E-state index in [1.165, 1.54) is 11.9 Å². The predicted octanol–water partition coefficient (Wildman–Crippen LogP) is 4.59. The van der Waals surface area contributed by atoms with Gasteiger partial charge in [0.2, 0.25) is 0 Å². The number of hydrogen-bond donors (Lipinski definition) is 1. The molecule has 0 spiro atoms. The molecule has 0 aliphatic carbocycles. The van der Waals surface area contributed by atoms with Crippen LogP contribution in [0.2, 0.25) is 5.02 Å². The molecule has 1 N–H and O–H groups in total. The van der Waals surface area contributed by atoms with Gasteiger partial charge in [-0.15, -0.1) is 0 Å².